The van der Waals surface area contributed by atoms with E-state index in [0.29, 0.717) is 5.02 Å². The minimum absolute atomic E-state index is 0.0179. The summed E-state index contributed by atoms with van der Waals surface area (Å²) in [5.41, 5.74) is 3.07. The van der Waals surface area contributed by atoms with E-state index in [1.165, 1.54) is 0 Å². The molecule has 0 saturated carbocycles. The summed E-state index contributed by atoms with van der Waals surface area (Å²) in [5, 5.41) is 16.6. The Kier molecular flexibility index (Phi) is 9.37. The smallest absolute Gasteiger partial charge is 0.0682 e. The van der Waals surface area contributed by atoms with Crippen molar-refractivity contribution in [2.45, 2.75) is 26.0 Å². The third-order valence-corrected chi connectivity index (χ3v) is 3.99. The van der Waals surface area contributed by atoms with Crippen LogP contribution in [0.2, 0.25) is 5.02 Å². The van der Waals surface area contributed by atoms with Crippen molar-refractivity contribution < 1.29 is 9.84 Å². The Bertz CT molecular complexity index is 608. The van der Waals surface area contributed by atoms with Gasteiger partial charge in [0.05, 0.1) is 13.2 Å². The fraction of sp³-hybridized carbons (Fsp3) is 0.400. The quantitative estimate of drug-likeness (QED) is 0.502. The first kappa shape index (κ1) is 19.7. The summed E-state index contributed by atoms with van der Waals surface area (Å²) in [6.07, 6.45) is 2.11. The van der Waals surface area contributed by atoms with Gasteiger partial charge in [0, 0.05) is 30.4 Å². The number of halogens is 1. The molecule has 0 aromatic heterocycles. The molecule has 0 aliphatic heterocycles. The molecule has 0 aliphatic rings. The van der Waals surface area contributed by atoms with Gasteiger partial charge in [-0.3, -0.25) is 0 Å². The summed E-state index contributed by atoms with van der Waals surface area (Å²) in [7, 11) is 0. The number of unbranched alkanes of at least 4 members (excludes halogenated alkanes) is 1. The van der Waals surface area contributed by atoms with Gasteiger partial charge in [-0.2, -0.15) is 0 Å². The number of para-hydroxylation sites is 1. The third kappa shape index (κ3) is 8.36. The third-order valence-electron chi connectivity index (χ3n) is 3.77. The average molecular weight is 363 g/mol. The lowest BCUT2D eigenvalue weighted by Crippen LogP contribution is -2.16. The lowest BCUT2D eigenvalue weighted by molar-refractivity contribution is 0.140. The summed E-state index contributed by atoms with van der Waals surface area (Å²) >= 11 is 6.03. The van der Waals surface area contributed by atoms with Crippen LogP contribution in [-0.2, 0) is 17.9 Å². The van der Waals surface area contributed by atoms with E-state index in [9.17, 15) is 5.11 Å². The molecule has 0 bridgehead atoms. The summed E-state index contributed by atoms with van der Waals surface area (Å²) in [4.78, 5) is 0. The largest absolute Gasteiger partial charge is 0.392 e. The zero-order valence-electron chi connectivity index (χ0n) is 14.5. The van der Waals surface area contributed by atoms with E-state index < -0.39 is 0 Å². The molecule has 2 aromatic carbocycles. The Labute approximate surface area is 155 Å². The minimum Gasteiger partial charge on any atom is -0.392 e. The maximum atomic E-state index is 9.18. The molecular weight excluding hydrogens is 336 g/mol. The van der Waals surface area contributed by atoms with Crippen LogP contribution in [0.25, 0.3) is 0 Å². The van der Waals surface area contributed by atoms with Gasteiger partial charge in [-0.15, -0.1) is 0 Å². The highest BCUT2D eigenvalue weighted by atomic mass is 35.5. The van der Waals surface area contributed by atoms with Gasteiger partial charge in [0.25, 0.3) is 0 Å². The van der Waals surface area contributed by atoms with Gasteiger partial charge in [-0.05, 0) is 54.8 Å². The number of ether oxygens (including phenoxy) is 1. The second-order valence-electron chi connectivity index (χ2n) is 5.91. The number of rotatable bonds is 12. The zero-order chi connectivity index (χ0) is 17.7. The van der Waals surface area contributed by atoms with Crippen molar-refractivity contribution in [1.29, 1.82) is 0 Å². The van der Waals surface area contributed by atoms with Gasteiger partial charge in [0.2, 0.25) is 0 Å². The Morgan fingerprint density at radius 1 is 0.920 bits per heavy atom. The van der Waals surface area contributed by atoms with Gasteiger partial charge in [0.15, 0.2) is 0 Å². The summed E-state index contributed by atoms with van der Waals surface area (Å²) < 4.78 is 5.63. The Morgan fingerprint density at radius 2 is 1.72 bits per heavy atom. The number of anilines is 1. The molecule has 0 atom stereocenters. The van der Waals surface area contributed by atoms with Crippen LogP contribution in [0.5, 0.6) is 0 Å². The number of aliphatic hydroxyl groups is 1. The Hall–Kier alpha value is -1.59. The van der Waals surface area contributed by atoms with Crippen molar-refractivity contribution in [3.8, 4) is 0 Å². The van der Waals surface area contributed by atoms with Crippen LogP contribution in [0.15, 0.2) is 48.5 Å². The van der Waals surface area contributed by atoms with Crippen molar-refractivity contribution in [3.63, 3.8) is 0 Å². The first-order valence-corrected chi connectivity index (χ1v) is 9.12. The molecule has 0 unspecified atom stereocenters. The lowest BCUT2D eigenvalue weighted by Gasteiger charge is -2.08. The molecule has 3 N–H and O–H groups in total. The number of hydrogen-bond donors (Lipinski definition) is 3. The summed E-state index contributed by atoms with van der Waals surface area (Å²) in [5.74, 6) is 0. The first-order valence-electron chi connectivity index (χ1n) is 8.74. The fourth-order valence-corrected chi connectivity index (χ4v) is 2.80. The van der Waals surface area contributed by atoms with Gasteiger partial charge in [-0.25, -0.2) is 0 Å². The van der Waals surface area contributed by atoms with Crippen molar-refractivity contribution >= 4 is 17.3 Å². The molecule has 136 valence electrons. The minimum atomic E-state index is 0.0179. The topological polar surface area (TPSA) is 53.5 Å². The molecule has 0 heterocycles. The predicted molar refractivity (Wildman–Crippen MR) is 104 cm³/mol. The molecule has 25 heavy (non-hydrogen) atoms. The standard InChI is InChI=1S/C20H27ClN2O2/c21-19-13-17(12-18(14-19)16-24)15-22-8-4-5-10-25-11-9-23-20-6-2-1-3-7-20/h1-3,6-7,12-14,22-24H,4-5,8-11,15-16H2. The predicted octanol–water partition coefficient (Wildman–Crippen LogP) is 3.83. The SMILES string of the molecule is OCc1cc(Cl)cc(CNCCCCOCCNc2ccccc2)c1. The molecule has 0 aliphatic carbocycles. The summed E-state index contributed by atoms with van der Waals surface area (Å²) in [6.45, 7) is 4.04. The molecule has 0 radical (unpaired) electrons. The first-order chi connectivity index (χ1) is 12.3. The second-order valence-corrected chi connectivity index (χ2v) is 6.35. The monoisotopic (exact) mass is 362 g/mol. The number of benzene rings is 2. The number of aliphatic hydroxyl groups excluding tert-OH is 1. The highest BCUT2D eigenvalue weighted by Crippen LogP contribution is 2.15. The second kappa shape index (κ2) is 11.9. The molecule has 2 rings (SSSR count). The van der Waals surface area contributed by atoms with Gasteiger partial charge in [0.1, 0.15) is 0 Å². The van der Waals surface area contributed by atoms with Crippen LogP contribution < -0.4 is 10.6 Å². The van der Waals surface area contributed by atoms with Crippen LogP contribution in [0, 0.1) is 0 Å². The molecule has 0 amide bonds. The maximum absolute atomic E-state index is 9.18. The van der Waals surface area contributed by atoms with E-state index in [4.69, 9.17) is 16.3 Å². The average Bonchev–Trinajstić information content (AvgIpc) is 2.63. The number of nitrogens with one attached hydrogen (secondary N) is 2. The van der Waals surface area contributed by atoms with E-state index in [1.54, 1.807) is 6.07 Å². The highest BCUT2D eigenvalue weighted by molar-refractivity contribution is 6.30. The van der Waals surface area contributed by atoms with Crippen LogP contribution in [0.4, 0.5) is 5.69 Å². The van der Waals surface area contributed by atoms with Crippen LogP contribution in [0.1, 0.15) is 24.0 Å². The van der Waals surface area contributed by atoms with Gasteiger partial charge < -0.3 is 20.5 Å². The van der Waals surface area contributed by atoms with Crippen LogP contribution in [-0.4, -0.2) is 31.4 Å². The molecule has 5 heteroatoms. The molecule has 0 spiro atoms. The van der Waals surface area contributed by atoms with E-state index in [-0.39, 0.29) is 6.61 Å². The van der Waals surface area contributed by atoms with Gasteiger partial charge in [-0.1, -0.05) is 35.9 Å². The van der Waals surface area contributed by atoms with E-state index in [1.807, 2.05) is 30.3 Å². The molecule has 0 fully saturated rings. The highest BCUT2D eigenvalue weighted by Gasteiger charge is 1.99. The normalized spacial score (nSPS) is 10.8. The maximum Gasteiger partial charge on any atom is 0.0682 e. The lowest BCUT2D eigenvalue weighted by atomic mass is 10.1. The van der Waals surface area contributed by atoms with E-state index >= 15 is 0 Å². The Morgan fingerprint density at radius 3 is 2.52 bits per heavy atom. The Balaban J connectivity index is 1.45. The van der Waals surface area contributed by atoms with Crippen LogP contribution >= 0.6 is 11.6 Å². The molecular formula is C20H27ClN2O2. The summed E-state index contributed by atoms with van der Waals surface area (Å²) in [6, 6.07) is 15.8. The van der Waals surface area contributed by atoms with Crippen molar-refractivity contribution in [1.82, 2.24) is 5.32 Å². The molecule has 0 saturated heterocycles. The van der Waals surface area contributed by atoms with E-state index in [2.05, 4.69) is 22.8 Å². The molecule has 4 nitrogen and oxygen atoms in total. The van der Waals surface area contributed by atoms with Crippen molar-refractivity contribution in [2.24, 2.45) is 0 Å². The number of hydrogen-bond acceptors (Lipinski definition) is 4. The fourth-order valence-electron chi connectivity index (χ4n) is 2.52. The van der Waals surface area contributed by atoms with E-state index in [0.717, 1.165) is 62.5 Å². The van der Waals surface area contributed by atoms with Crippen molar-refractivity contribution in [3.05, 3.63) is 64.7 Å². The van der Waals surface area contributed by atoms with Crippen LogP contribution in [0.3, 0.4) is 0 Å². The zero-order valence-corrected chi connectivity index (χ0v) is 15.3. The van der Waals surface area contributed by atoms with Gasteiger partial charge >= 0.3 is 0 Å². The molecule has 2 aromatic rings. The van der Waals surface area contributed by atoms with Crippen molar-refractivity contribution in [2.75, 3.05) is 31.6 Å².